The minimum absolute atomic E-state index is 0.0348. The second kappa shape index (κ2) is 3.41. The van der Waals surface area contributed by atoms with E-state index in [0.717, 1.165) is 37.9 Å². The third-order valence-corrected chi connectivity index (χ3v) is 4.92. The second-order valence-electron chi connectivity index (χ2n) is 6.11. The molecule has 1 aromatic heterocycles. The SMILES string of the molecule is Oc1cc2cc3ccccc3c3ccc4c5oc5c(O)c1c4c23. The molecule has 0 saturated carbocycles. The van der Waals surface area contributed by atoms with Gasteiger partial charge in [-0.05, 0) is 45.1 Å². The summed E-state index contributed by atoms with van der Waals surface area (Å²) < 4.78 is 5.44. The molecular weight excluding hydrogens is 288 g/mol. The highest BCUT2D eigenvalue weighted by Gasteiger charge is 2.25. The van der Waals surface area contributed by atoms with Gasteiger partial charge in [0.25, 0.3) is 0 Å². The Morgan fingerprint density at radius 1 is 0.652 bits per heavy atom. The van der Waals surface area contributed by atoms with Gasteiger partial charge >= 0.3 is 0 Å². The number of fused-ring (bicyclic) bond motifs is 4. The van der Waals surface area contributed by atoms with Crippen molar-refractivity contribution in [1.82, 2.24) is 0 Å². The summed E-state index contributed by atoms with van der Waals surface area (Å²) in [5, 5.41) is 28.6. The van der Waals surface area contributed by atoms with Crippen LogP contribution in [0.15, 0.2) is 52.9 Å². The molecule has 23 heavy (non-hydrogen) atoms. The minimum Gasteiger partial charge on any atom is -0.507 e. The third-order valence-electron chi connectivity index (χ3n) is 4.92. The number of phenols is 2. The molecule has 0 aliphatic rings. The number of aromatic hydroxyl groups is 2. The van der Waals surface area contributed by atoms with Crippen molar-refractivity contribution in [3.05, 3.63) is 48.5 Å². The molecule has 0 radical (unpaired) electrons. The molecule has 0 saturated heterocycles. The Bertz CT molecular complexity index is 1370. The van der Waals surface area contributed by atoms with Crippen LogP contribution in [0.25, 0.3) is 54.3 Å². The fraction of sp³-hybridized carbons (Fsp3) is 0. The fourth-order valence-electron chi connectivity index (χ4n) is 3.91. The molecule has 6 rings (SSSR count). The monoisotopic (exact) mass is 298 g/mol. The molecule has 0 unspecified atom stereocenters. The van der Waals surface area contributed by atoms with Crippen molar-refractivity contribution in [1.29, 1.82) is 0 Å². The molecule has 3 heteroatoms. The van der Waals surface area contributed by atoms with Crippen LogP contribution in [-0.4, -0.2) is 10.2 Å². The van der Waals surface area contributed by atoms with Crippen molar-refractivity contribution in [3.63, 3.8) is 0 Å². The normalized spacial score (nSPS) is 12.7. The zero-order chi connectivity index (χ0) is 15.3. The molecule has 6 aromatic rings. The van der Waals surface area contributed by atoms with Crippen LogP contribution in [-0.2, 0) is 0 Å². The lowest BCUT2D eigenvalue weighted by Crippen LogP contribution is -1.86. The summed E-state index contributed by atoms with van der Waals surface area (Å²) in [6, 6.07) is 16.1. The lowest BCUT2D eigenvalue weighted by atomic mass is 9.90. The van der Waals surface area contributed by atoms with Gasteiger partial charge in [-0.2, -0.15) is 0 Å². The van der Waals surface area contributed by atoms with E-state index in [4.69, 9.17) is 4.42 Å². The lowest BCUT2D eigenvalue weighted by Gasteiger charge is -2.13. The smallest absolute Gasteiger partial charge is 0.213 e. The van der Waals surface area contributed by atoms with E-state index in [2.05, 4.69) is 24.3 Å². The maximum absolute atomic E-state index is 10.5. The van der Waals surface area contributed by atoms with Gasteiger partial charge < -0.3 is 14.6 Å². The molecule has 108 valence electrons. The molecule has 0 spiro atoms. The van der Waals surface area contributed by atoms with Gasteiger partial charge in [0.15, 0.2) is 11.3 Å². The van der Waals surface area contributed by atoms with Gasteiger partial charge in [-0.3, -0.25) is 0 Å². The first-order valence-corrected chi connectivity index (χ1v) is 7.50. The molecule has 2 N–H and O–H groups in total. The number of hydrogen-bond donors (Lipinski definition) is 2. The van der Waals surface area contributed by atoms with Crippen LogP contribution in [0.2, 0.25) is 0 Å². The molecule has 0 aliphatic carbocycles. The topological polar surface area (TPSA) is 53.6 Å². The molecular formula is C20H10O3. The first-order chi connectivity index (χ1) is 11.2. The van der Waals surface area contributed by atoms with E-state index in [0.29, 0.717) is 11.0 Å². The highest BCUT2D eigenvalue weighted by atomic mass is 16.4. The van der Waals surface area contributed by atoms with Crippen LogP contribution < -0.4 is 0 Å². The number of phenolic OH excluding ortho intramolecular Hbond substituents is 2. The average molecular weight is 298 g/mol. The third kappa shape index (κ3) is 1.19. The molecule has 3 nitrogen and oxygen atoms in total. The van der Waals surface area contributed by atoms with Crippen molar-refractivity contribution in [3.8, 4) is 11.5 Å². The predicted molar refractivity (Wildman–Crippen MR) is 91.9 cm³/mol. The van der Waals surface area contributed by atoms with Crippen molar-refractivity contribution in [2.75, 3.05) is 0 Å². The zero-order valence-electron chi connectivity index (χ0n) is 11.9. The first kappa shape index (κ1) is 11.4. The summed E-state index contributed by atoms with van der Waals surface area (Å²) in [4.78, 5) is 0. The van der Waals surface area contributed by atoms with Gasteiger partial charge in [0, 0.05) is 10.8 Å². The second-order valence-corrected chi connectivity index (χ2v) is 6.11. The molecule has 0 atom stereocenters. The van der Waals surface area contributed by atoms with Crippen LogP contribution in [0, 0.1) is 0 Å². The fourth-order valence-corrected chi connectivity index (χ4v) is 3.91. The standard InChI is InChI=1S/C20H10O3/c21-14-8-10-7-9-3-1-2-4-11(9)12-5-6-13-16(15(10)12)17(14)18(22)20-19(13)23-20/h1-8,21-22H. The summed E-state index contributed by atoms with van der Waals surface area (Å²) in [6.45, 7) is 0. The molecule has 0 amide bonds. The maximum atomic E-state index is 10.5. The van der Waals surface area contributed by atoms with Crippen LogP contribution >= 0.6 is 0 Å². The quantitative estimate of drug-likeness (QED) is 0.294. The van der Waals surface area contributed by atoms with Crippen LogP contribution in [0.4, 0.5) is 0 Å². The molecule has 5 aromatic carbocycles. The largest absolute Gasteiger partial charge is 0.507 e. The van der Waals surface area contributed by atoms with Crippen molar-refractivity contribution in [2.45, 2.75) is 0 Å². The maximum Gasteiger partial charge on any atom is 0.213 e. The van der Waals surface area contributed by atoms with E-state index in [1.165, 1.54) is 5.39 Å². The molecule has 0 fully saturated rings. The van der Waals surface area contributed by atoms with Crippen molar-refractivity contribution in [2.24, 2.45) is 0 Å². The molecule has 0 aliphatic heterocycles. The number of benzene rings is 5. The Hall–Kier alpha value is -3.20. The lowest BCUT2D eigenvalue weighted by molar-refractivity contribution is 0.465. The summed E-state index contributed by atoms with van der Waals surface area (Å²) in [6.07, 6.45) is 0. The first-order valence-electron chi connectivity index (χ1n) is 7.50. The van der Waals surface area contributed by atoms with Gasteiger partial charge in [-0.15, -0.1) is 0 Å². The van der Waals surface area contributed by atoms with Crippen LogP contribution in [0.5, 0.6) is 11.5 Å². The molecule has 1 heterocycles. The zero-order valence-corrected chi connectivity index (χ0v) is 11.9. The Morgan fingerprint density at radius 2 is 1.48 bits per heavy atom. The summed E-state index contributed by atoms with van der Waals surface area (Å²) >= 11 is 0. The van der Waals surface area contributed by atoms with E-state index < -0.39 is 0 Å². The van der Waals surface area contributed by atoms with E-state index >= 15 is 0 Å². The Kier molecular flexibility index (Phi) is 1.69. The van der Waals surface area contributed by atoms with Crippen LogP contribution in [0.1, 0.15) is 0 Å². The summed E-state index contributed by atoms with van der Waals surface area (Å²) in [5.74, 6) is 0.119. The summed E-state index contributed by atoms with van der Waals surface area (Å²) in [5.41, 5.74) is 1.20. The highest BCUT2D eigenvalue weighted by molar-refractivity contribution is 6.35. The van der Waals surface area contributed by atoms with Gasteiger partial charge in [0.2, 0.25) is 5.58 Å². The Labute approximate surface area is 129 Å². The Morgan fingerprint density at radius 3 is 2.39 bits per heavy atom. The minimum atomic E-state index is 0.0348. The molecule has 0 bridgehead atoms. The van der Waals surface area contributed by atoms with Gasteiger partial charge in [-0.25, -0.2) is 0 Å². The van der Waals surface area contributed by atoms with Gasteiger partial charge in [0.1, 0.15) is 5.75 Å². The summed E-state index contributed by atoms with van der Waals surface area (Å²) in [7, 11) is 0. The van der Waals surface area contributed by atoms with Gasteiger partial charge in [0.05, 0.1) is 5.39 Å². The number of rotatable bonds is 0. The van der Waals surface area contributed by atoms with Crippen molar-refractivity contribution < 1.29 is 14.6 Å². The highest BCUT2D eigenvalue weighted by Crippen LogP contribution is 2.51. The van der Waals surface area contributed by atoms with E-state index in [1.54, 1.807) is 6.07 Å². The predicted octanol–water partition coefficient (Wildman–Crippen LogP) is 5.33. The average Bonchev–Trinajstić information content (AvgIpc) is 3.35. The van der Waals surface area contributed by atoms with E-state index in [9.17, 15) is 10.2 Å². The van der Waals surface area contributed by atoms with Crippen molar-refractivity contribution >= 4 is 54.3 Å². The number of hydrogen-bond acceptors (Lipinski definition) is 3. The van der Waals surface area contributed by atoms with Crippen LogP contribution in [0.3, 0.4) is 0 Å². The van der Waals surface area contributed by atoms with E-state index in [1.807, 2.05) is 18.2 Å². The van der Waals surface area contributed by atoms with Gasteiger partial charge in [-0.1, -0.05) is 30.3 Å². The Balaban J connectivity index is 2.07. The van der Waals surface area contributed by atoms with E-state index in [-0.39, 0.29) is 11.5 Å².